The van der Waals surface area contributed by atoms with Crippen LogP contribution in [0.5, 0.6) is 0 Å². The fourth-order valence-corrected chi connectivity index (χ4v) is 3.02. The molecular formula is C18H23F3N2O2. The third-order valence-electron chi connectivity index (χ3n) is 4.19. The zero-order chi connectivity index (χ0) is 18.6. The van der Waals surface area contributed by atoms with E-state index in [4.69, 9.17) is 5.11 Å². The minimum absolute atomic E-state index is 0.0738. The van der Waals surface area contributed by atoms with Crippen molar-refractivity contribution >= 4 is 16.9 Å². The standard InChI is InChI=1S/C18H23F3N2O2/c1-23(2)11-10-13-16-12(6-3-4-9-15(24)25)7-5-8-14(16)22-17(13)18(19,20)21/h5,7-8,22H,3-4,6,9-11H2,1-2H3,(H,24,25). The van der Waals surface area contributed by atoms with Crippen molar-refractivity contribution in [1.29, 1.82) is 0 Å². The van der Waals surface area contributed by atoms with E-state index in [0.717, 1.165) is 5.56 Å². The molecule has 0 aliphatic heterocycles. The Morgan fingerprint density at radius 3 is 2.52 bits per heavy atom. The van der Waals surface area contributed by atoms with Crippen LogP contribution in [0.2, 0.25) is 0 Å². The summed E-state index contributed by atoms with van der Waals surface area (Å²) in [5, 5.41) is 9.34. The van der Waals surface area contributed by atoms with Crippen molar-refractivity contribution < 1.29 is 23.1 Å². The summed E-state index contributed by atoms with van der Waals surface area (Å²) >= 11 is 0. The van der Waals surface area contributed by atoms with Crippen molar-refractivity contribution in [3.8, 4) is 0 Å². The lowest BCUT2D eigenvalue weighted by Crippen LogP contribution is -2.17. The SMILES string of the molecule is CN(C)CCc1c(C(F)(F)F)[nH]c2cccc(CCCCC(=O)O)c12. The zero-order valence-electron chi connectivity index (χ0n) is 14.4. The van der Waals surface area contributed by atoms with Gasteiger partial charge in [-0.05, 0) is 57.0 Å². The molecule has 25 heavy (non-hydrogen) atoms. The van der Waals surface area contributed by atoms with Gasteiger partial charge in [-0.3, -0.25) is 4.79 Å². The van der Waals surface area contributed by atoms with Crippen LogP contribution < -0.4 is 0 Å². The van der Waals surface area contributed by atoms with Crippen LogP contribution >= 0.6 is 0 Å². The van der Waals surface area contributed by atoms with E-state index in [-0.39, 0.29) is 6.42 Å². The number of unbranched alkanes of at least 4 members (excludes halogenated alkanes) is 1. The van der Waals surface area contributed by atoms with Crippen LogP contribution in [0, 0.1) is 0 Å². The molecule has 1 aromatic heterocycles. The number of rotatable bonds is 8. The van der Waals surface area contributed by atoms with Gasteiger partial charge in [0.05, 0.1) is 0 Å². The van der Waals surface area contributed by atoms with Gasteiger partial charge in [-0.25, -0.2) is 0 Å². The molecule has 0 aliphatic rings. The number of hydrogen-bond acceptors (Lipinski definition) is 2. The molecule has 2 rings (SSSR count). The van der Waals surface area contributed by atoms with Crippen molar-refractivity contribution in [2.75, 3.05) is 20.6 Å². The second-order valence-electron chi connectivity index (χ2n) is 6.47. The fraction of sp³-hybridized carbons (Fsp3) is 0.500. The van der Waals surface area contributed by atoms with Gasteiger partial charge >= 0.3 is 12.1 Å². The maximum absolute atomic E-state index is 13.4. The van der Waals surface area contributed by atoms with E-state index in [1.807, 2.05) is 25.1 Å². The number of aromatic nitrogens is 1. The van der Waals surface area contributed by atoms with Gasteiger partial charge in [-0.15, -0.1) is 0 Å². The number of carboxylic acids is 1. The highest BCUT2D eigenvalue weighted by Crippen LogP contribution is 2.37. The Morgan fingerprint density at radius 1 is 1.20 bits per heavy atom. The highest BCUT2D eigenvalue weighted by atomic mass is 19.4. The smallest absolute Gasteiger partial charge is 0.431 e. The molecule has 0 aliphatic carbocycles. The third kappa shape index (κ3) is 4.98. The molecule has 1 aromatic carbocycles. The Kier molecular flexibility index (Phi) is 6.11. The molecule has 0 spiro atoms. The second-order valence-corrected chi connectivity index (χ2v) is 6.47. The number of likely N-dealkylation sites (N-methyl/N-ethyl adjacent to an activating group) is 1. The predicted molar refractivity (Wildman–Crippen MR) is 90.7 cm³/mol. The lowest BCUT2D eigenvalue weighted by Gasteiger charge is -2.13. The van der Waals surface area contributed by atoms with Gasteiger partial charge in [0.25, 0.3) is 0 Å². The summed E-state index contributed by atoms with van der Waals surface area (Å²) in [6.07, 6.45) is -2.35. The lowest BCUT2D eigenvalue weighted by molar-refractivity contribution is -0.141. The first-order chi connectivity index (χ1) is 11.7. The van der Waals surface area contributed by atoms with Gasteiger partial charge in [0.1, 0.15) is 5.69 Å². The molecule has 0 radical (unpaired) electrons. The van der Waals surface area contributed by atoms with Gasteiger partial charge in [-0.1, -0.05) is 12.1 Å². The van der Waals surface area contributed by atoms with Crippen LogP contribution in [0.25, 0.3) is 10.9 Å². The van der Waals surface area contributed by atoms with Crippen LogP contribution in [0.15, 0.2) is 18.2 Å². The number of aromatic amines is 1. The summed E-state index contributed by atoms with van der Waals surface area (Å²) in [5.41, 5.74) is 0.938. The van der Waals surface area contributed by atoms with Crippen LogP contribution in [-0.4, -0.2) is 41.6 Å². The van der Waals surface area contributed by atoms with Gasteiger partial charge in [0.15, 0.2) is 0 Å². The predicted octanol–water partition coefficient (Wildman–Crippen LogP) is 4.09. The summed E-state index contributed by atoms with van der Waals surface area (Å²) in [7, 11) is 3.66. The van der Waals surface area contributed by atoms with E-state index in [2.05, 4.69) is 4.98 Å². The number of nitrogens with one attached hydrogen (secondary N) is 1. The number of fused-ring (bicyclic) bond motifs is 1. The second kappa shape index (κ2) is 7.91. The quantitative estimate of drug-likeness (QED) is 0.701. The Bertz CT molecular complexity index is 736. The van der Waals surface area contributed by atoms with Gasteiger partial charge in [-0.2, -0.15) is 13.2 Å². The van der Waals surface area contributed by atoms with Gasteiger partial charge in [0, 0.05) is 23.9 Å². The topological polar surface area (TPSA) is 56.3 Å². The summed E-state index contributed by atoms with van der Waals surface area (Å²) < 4.78 is 40.3. The van der Waals surface area contributed by atoms with E-state index >= 15 is 0 Å². The maximum atomic E-state index is 13.4. The molecular weight excluding hydrogens is 333 g/mol. The number of carboxylic acid groups (broad SMARTS) is 1. The molecule has 0 atom stereocenters. The Hall–Kier alpha value is -2.02. The average Bonchev–Trinajstić information content (AvgIpc) is 2.89. The van der Waals surface area contributed by atoms with Crippen molar-refractivity contribution in [3.63, 3.8) is 0 Å². The number of halogens is 3. The number of aliphatic carboxylic acids is 1. The van der Waals surface area contributed by atoms with E-state index in [1.165, 1.54) is 0 Å². The molecule has 0 bridgehead atoms. The van der Waals surface area contributed by atoms with Crippen molar-refractivity contribution in [3.05, 3.63) is 35.0 Å². The van der Waals surface area contributed by atoms with E-state index < -0.39 is 17.8 Å². The number of carbonyl (C=O) groups is 1. The van der Waals surface area contributed by atoms with Crippen molar-refractivity contribution in [2.24, 2.45) is 0 Å². The summed E-state index contributed by atoms with van der Waals surface area (Å²) in [6.45, 7) is 0.517. The Morgan fingerprint density at radius 2 is 1.92 bits per heavy atom. The Balaban J connectivity index is 2.38. The molecule has 138 valence electrons. The number of aryl methyl sites for hydroxylation is 1. The summed E-state index contributed by atoms with van der Waals surface area (Å²) in [6, 6.07) is 5.22. The average molecular weight is 356 g/mol. The van der Waals surface area contributed by atoms with E-state index in [9.17, 15) is 18.0 Å². The molecule has 0 saturated heterocycles. The minimum Gasteiger partial charge on any atom is -0.481 e. The molecule has 0 fully saturated rings. The van der Waals surface area contributed by atoms with Crippen molar-refractivity contribution in [2.45, 2.75) is 38.3 Å². The first-order valence-corrected chi connectivity index (χ1v) is 8.26. The third-order valence-corrected chi connectivity index (χ3v) is 4.19. The monoisotopic (exact) mass is 356 g/mol. The molecule has 2 aromatic rings. The molecule has 7 heteroatoms. The number of H-pyrrole nitrogens is 1. The van der Waals surface area contributed by atoms with Crippen molar-refractivity contribution in [1.82, 2.24) is 9.88 Å². The number of alkyl halides is 3. The van der Waals surface area contributed by atoms with Crippen LogP contribution in [-0.2, 0) is 23.8 Å². The molecule has 0 saturated carbocycles. The van der Waals surface area contributed by atoms with Gasteiger partial charge < -0.3 is 15.0 Å². The Labute approximate surface area is 144 Å². The molecule has 4 nitrogen and oxygen atoms in total. The normalized spacial score (nSPS) is 12.2. The highest BCUT2D eigenvalue weighted by Gasteiger charge is 2.36. The number of nitrogens with zero attached hydrogens (tertiary/aromatic N) is 1. The van der Waals surface area contributed by atoms with Crippen LogP contribution in [0.4, 0.5) is 13.2 Å². The fourth-order valence-electron chi connectivity index (χ4n) is 3.02. The van der Waals surface area contributed by atoms with E-state index in [0.29, 0.717) is 48.7 Å². The minimum atomic E-state index is -4.43. The molecule has 1 heterocycles. The lowest BCUT2D eigenvalue weighted by atomic mass is 9.98. The van der Waals surface area contributed by atoms with E-state index in [1.54, 1.807) is 12.1 Å². The molecule has 0 unspecified atom stereocenters. The first kappa shape index (κ1) is 19.3. The molecule has 2 N–H and O–H groups in total. The summed E-state index contributed by atoms with van der Waals surface area (Å²) in [4.78, 5) is 15.0. The van der Waals surface area contributed by atoms with Crippen LogP contribution in [0.1, 0.15) is 36.1 Å². The number of hydrogen-bond donors (Lipinski definition) is 2. The van der Waals surface area contributed by atoms with Gasteiger partial charge in [0.2, 0.25) is 0 Å². The highest BCUT2D eigenvalue weighted by molar-refractivity contribution is 5.88. The van der Waals surface area contributed by atoms with Crippen LogP contribution in [0.3, 0.4) is 0 Å². The maximum Gasteiger partial charge on any atom is 0.431 e. The molecule has 0 amide bonds. The largest absolute Gasteiger partial charge is 0.481 e. The zero-order valence-corrected chi connectivity index (χ0v) is 14.4. The first-order valence-electron chi connectivity index (χ1n) is 8.26. The summed E-state index contributed by atoms with van der Waals surface area (Å²) in [5.74, 6) is -0.856. The number of benzene rings is 1.